The molecule has 5 nitrogen and oxygen atoms in total. The van der Waals surface area contributed by atoms with E-state index in [4.69, 9.17) is 21.4 Å². The molecule has 1 aliphatic rings. The summed E-state index contributed by atoms with van der Waals surface area (Å²) in [5, 5.41) is 12.5. The number of aliphatic hydroxyl groups is 1. The average Bonchev–Trinajstić information content (AvgIpc) is 2.47. The summed E-state index contributed by atoms with van der Waals surface area (Å²) in [5.74, 6) is -0.0467. The van der Waals surface area contributed by atoms with Gasteiger partial charge in [0.1, 0.15) is 6.04 Å². The van der Waals surface area contributed by atoms with Crippen LogP contribution >= 0.6 is 11.6 Å². The molecule has 1 amide bonds. The molecule has 0 aromatic heterocycles. The third kappa shape index (κ3) is 3.23. The summed E-state index contributed by atoms with van der Waals surface area (Å²) in [6, 6.07) is 5.08. The van der Waals surface area contributed by atoms with Crippen molar-refractivity contribution in [3.63, 3.8) is 0 Å². The lowest BCUT2D eigenvalue weighted by Gasteiger charge is -2.36. The van der Waals surface area contributed by atoms with Crippen LogP contribution in [0, 0.1) is 0 Å². The van der Waals surface area contributed by atoms with Crippen molar-refractivity contribution >= 4 is 23.2 Å². The van der Waals surface area contributed by atoms with Gasteiger partial charge < -0.3 is 20.1 Å². The van der Waals surface area contributed by atoms with Crippen LogP contribution in [0.3, 0.4) is 0 Å². The number of anilines is 1. The van der Waals surface area contributed by atoms with Gasteiger partial charge in [0.05, 0.1) is 19.8 Å². The van der Waals surface area contributed by atoms with Gasteiger partial charge in [-0.2, -0.15) is 0 Å². The Hall–Kier alpha value is -1.30. The molecule has 1 heterocycles. The molecule has 0 saturated carbocycles. The second-order valence-electron chi connectivity index (χ2n) is 4.61. The fourth-order valence-corrected chi connectivity index (χ4v) is 2.50. The van der Waals surface area contributed by atoms with E-state index >= 15 is 0 Å². The maximum absolute atomic E-state index is 12.1. The highest BCUT2D eigenvalue weighted by molar-refractivity contribution is 6.31. The molecule has 1 atom stereocenters. The summed E-state index contributed by atoms with van der Waals surface area (Å²) in [7, 11) is 0. The molecule has 1 saturated heterocycles. The number of nitrogens with one attached hydrogen (secondary N) is 1. The topological polar surface area (TPSA) is 61.8 Å². The maximum atomic E-state index is 12.1. The van der Waals surface area contributed by atoms with Crippen LogP contribution in [-0.4, -0.2) is 43.4 Å². The Morgan fingerprint density at radius 1 is 1.60 bits per heavy atom. The quantitative estimate of drug-likeness (QED) is 0.876. The Morgan fingerprint density at radius 2 is 2.40 bits per heavy atom. The third-order valence-corrected chi connectivity index (χ3v) is 3.67. The minimum atomic E-state index is -0.347. The van der Waals surface area contributed by atoms with Crippen LogP contribution in [0.15, 0.2) is 18.2 Å². The fourth-order valence-electron chi connectivity index (χ4n) is 2.27. The molecule has 0 spiro atoms. The molecule has 20 heavy (non-hydrogen) atoms. The lowest BCUT2D eigenvalue weighted by atomic mass is 10.1. The Morgan fingerprint density at radius 3 is 3.05 bits per heavy atom. The number of hydrogen-bond donors (Lipinski definition) is 2. The lowest BCUT2D eigenvalue weighted by molar-refractivity contribution is -0.124. The molecule has 0 bridgehead atoms. The highest BCUT2D eigenvalue weighted by atomic mass is 35.5. The number of amides is 1. The monoisotopic (exact) mass is 298 g/mol. The number of morpholine rings is 1. The number of likely N-dealkylation sites (N-methyl/N-ethyl adjacent to an activating group) is 1. The molecule has 6 heteroatoms. The second kappa shape index (κ2) is 6.92. The number of hydrogen-bond acceptors (Lipinski definition) is 4. The first-order valence-corrected chi connectivity index (χ1v) is 7.06. The maximum Gasteiger partial charge on any atom is 0.245 e. The molecule has 2 N–H and O–H groups in total. The minimum Gasteiger partial charge on any atom is -0.392 e. The molecule has 2 rings (SSSR count). The van der Waals surface area contributed by atoms with Crippen LogP contribution in [-0.2, 0) is 16.1 Å². The van der Waals surface area contributed by atoms with Gasteiger partial charge in [-0.25, -0.2) is 0 Å². The van der Waals surface area contributed by atoms with Crippen molar-refractivity contribution in [2.45, 2.75) is 19.6 Å². The molecule has 0 radical (unpaired) electrons. The van der Waals surface area contributed by atoms with Crippen molar-refractivity contribution in [3.8, 4) is 0 Å². The van der Waals surface area contributed by atoms with E-state index in [9.17, 15) is 4.79 Å². The average molecular weight is 299 g/mol. The summed E-state index contributed by atoms with van der Waals surface area (Å²) >= 11 is 6.12. The van der Waals surface area contributed by atoms with Gasteiger partial charge in [0.25, 0.3) is 0 Å². The van der Waals surface area contributed by atoms with Gasteiger partial charge in [-0.15, -0.1) is 0 Å². The zero-order valence-corrected chi connectivity index (χ0v) is 12.2. The van der Waals surface area contributed by atoms with E-state index in [0.717, 1.165) is 5.69 Å². The molecule has 1 aromatic carbocycles. The van der Waals surface area contributed by atoms with Gasteiger partial charge in [0, 0.05) is 23.8 Å². The minimum absolute atomic E-state index is 0.0467. The summed E-state index contributed by atoms with van der Waals surface area (Å²) in [6.07, 6.45) is 0. The van der Waals surface area contributed by atoms with E-state index in [1.807, 2.05) is 17.9 Å². The summed E-state index contributed by atoms with van der Waals surface area (Å²) < 4.78 is 5.40. The third-order valence-electron chi connectivity index (χ3n) is 3.32. The number of carbonyl (C=O) groups excluding carboxylic acids is 1. The van der Waals surface area contributed by atoms with E-state index in [1.165, 1.54) is 0 Å². The molecule has 1 fully saturated rings. The number of ether oxygens (including phenoxy) is 1. The van der Waals surface area contributed by atoms with Gasteiger partial charge >= 0.3 is 0 Å². The van der Waals surface area contributed by atoms with Crippen molar-refractivity contribution < 1.29 is 14.6 Å². The summed E-state index contributed by atoms with van der Waals surface area (Å²) in [6.45, 7) is 3.96. The van der Waals surface area contributed by atoms with Gasteiger partial charge in [-0.1, -0.05) is 17.7 Å². The fraction of sp³-hybridized carbons (Fsp3) is 0.500. The van der Waals surface area contributed by atoms with E-state index < -0.39 is 0 Å². The van der Waals surface area contributed by atoms with E-state index in [2.05, 4.69) is 5.32 Å². The van der Waals surface area contributed by atoms with Crippen molar-refractivity contribution in [2.24, 2.45) is 0 Å². The zero-order chi connectivity index (χ0) is 14.5. The van der Waals surface area contributed by atoms with E-state index in [0.29, 0.717) is 36.9 Å². The highest BCUT2D eigenvalue weighted by Gasteiger charge is 2.29. The zero-order valence-electron chi connectivity index (χ0n) is 11.4. The normalized spacial score (nSPS) is 18.9. The number of benzene rings is 1. The predicted octanol–water partition coefficient (Wildman–Crippen LogP) is 1.17. The van der Waals surface area contributed by atoms with Crippen LogP contribution in [0.2, 0.25) is 5.02 Å². The SMILES string of the molecule is CCNC(=O)C1COCCN1c1ccc(CO)c(Cl)c1. The lowest BCUT2D eigenvalue weighted by Crippen LogP contribution is -2.54. The Bertz CT molecular complexity index is 481. The van der Waals surface area contributed by atoms with Crippen LogP contribution in [0.1, 0.15) is 12.5 Å². The van der Waals surface area contributed by atoms with Crippen LogP contribution < -0.4 is 10.2 Å². The second-order valence-corrected chi connectivity index (χ2v) is 5.02. The first-order valence-electron chi connectivity index (χ1n) is 6.68. The van der Waals surface area contributed by atoms with Gasteiger partial charge in [0.15, 0.2) is 0 Å². The van der Waals surface area contributed by atoms with Crippen molar-refractivity contribution in [3.05, 3.63) is 28.8 Å². The van der Waals surface area contributed by atoms with Gasteiger partial charge in [-0.3, -0.25) is 4.79 Å². The molecule has 110 valence electrons. The molecular formula is C14H19ClN2O3. The Balaban J connectivity index is 2.23. The van der Waals surface area contributed by atoms with Crippen LogP contribution in [0.4, 0.5) is 5.69 Å². The summed E-state index contributed by atoms with van der Waals surface area (Å²) in [4.78, 5) is 14.1. The van der Waals surface area contributed by atoms with Crippen LogP contribution in [0.25, 0.3) is 0 Å². The molecule has 1 aromatic rings. The number of rotatable bonds is 4. The van der Waals surface area contributed by atoms with Crippen molar-refractivity contribution in [1.29, 1.82) is 0 Å². The molecule has 1 unspecified atom stereocenters. The number of carbonyl (C=O) groups is 1. The first-order chi connectivity index (χ1) is 9.67. The predicted molar refractivity (Wildman–Crippen MR) is 78.0 cm³/mol. The van der Waals surface area contributed by atoms with Crippen molar-refractivity contribution in [2.75, 3.05) is 31.2 Å². The Labute approximate surface area is 123 Å². The number of halogens is 1. The largest absolute Gasteiger partial charge is 0.392 e. The smallest absolute Gasteiger partial charge is 0.245 e. The Kier molecular flexibility index (Phi) is 5.23. The highest BCUT2D eigenvalue weighted by Crippen LogP contribution is 2.26. The first kappa shape index (κ1) is 15.1. The van der Waals surface area contributed by atoms with E-state index in [1.54, 1.807) is 12.1 Å². The summed E-state index contributed by atoms with van der Waals surface area (Å²) in [5.41, 5.74) is 1.55. The standard InChI is InChI=1S/C14H19ClN2O3/c1-2-16-14(19)13-9-20-6-5-17(13)11-4-3-10(8-18)12(15)7-11/h3-4,7,13,18H,2,5-6,8-9H2,1H3,(H,16,19). The van der Waals surface area contributed by atoms with Gasteiger partial charge in [-0.05, 0) is 24.6 Å². The molecular weight excluding hydrogens is 280 g/mol. The number of aliphatic hydroxyl groups excluding tert-OH is 1. The molecule has 0 aliphatic carbocycles. The van der Waals surface area contributed by atoms with E-state index in [-0.39, 0.29) is 18.6 Å². The van der Waals surface area contributed by atoms with Crippen LogP contribution in [0.5, 0.6) is 0 Å². The number of nitrogens with zero attached hydrogens (tertiary/aromatic N) is 1. The van der Waals surface area contributed by atoms with Gasteiger partial charge in [0.2, 0.25) is 5.91 Å². The molecule has 1 aliphatic heterocycles. The van der Waals surface area contributed by atoms with Crippen molar-refractivity contribution in [1.82, 2.24) is 5.32 Å².